The molecule has 64 valence electrons. The summed E-state index contributed by atoms with van der Waals surface area (Å²) in [6, 6.07) is 5.50. The van der Waals surface area contributed by atoms with Gasteiger partial charge in [0.15, 0.2) is 0 Å². The number of ether oxygens (including phenoxy) is 1. The van der Waals surface area contributed by atoms with Gasteiger partial charge in [-0.25, -0.2) is 0 Å². The predicted octanol–water partition coefficient (Wildman–Crippen LogP) is 2.53. The highest BCUT2D eigenvalue weighted by molar-refractivity contribution is 5.61. The fraction of sp³-hybridized carbons (Fsp3) is 0.200. The molecule has 0 saturated heterocycles. The number of benzene rings is 1. The Morgan fingerprint density at radius 3 is 2.67 bits per heavy atom. The van der Waals surface area contributed by atoms with Crippen LogP contribution >= 0.6 is 0 Å². The van der Waals surface area contributed by atoms with Gasteiger partial charge in [-0.3, -0.25) is 0 Å². The minimum Gasteiger partial charge on any atom is -0.508 e. The minimum atomic E-state index is 0.0754. The van der Waals surface area contributed by atoms with E-state index in [1.807, 2.05) is 19.1 Å². The quantitative estimate of drug-likeness (QED) is 0.680. The zero-order valence-corrected chi connectivity index (χ0v) is 7.29. The van der Waals surface area contributed by atoms with E-state index in [1.54, 1.807) is 13.2 Å². The van der Waals surface area contributed by atoms with Crippen LogP contribution in [0.3, 0.4) is 0 Å². The highest BCUT2D eigenvalue weighted by Gasteiger charge is 2.02. The fourth-order valence-electron chi connectivity index (χ4n) is 1.04. The van der Waals surface area contributed by atoms with E-state index in [1.165, 1.54) is 0 Å². The molecule has 0 unspecified atom stereocenters. The molecule has 0 radical (unpaired) electrons. The Labute approximate surface area is 72.1 Å². The largest absolute Gasteiger partial charge is 0.508 e. The molecule has 12 heavy (non-hydrogen) atoms. The van der Waals surface area contributed by atoms with Gasteiger partial charge in [0.2, 0.25) is 0 Å². The van der Waals surface area contributed by atoms with Gasteiger partial charge in [-0.05, 0) is 24.6 Å². The van der Waals surface area contributed by atoms with Gasteiger partial charge in [0.05, 0.1) is 7.11 Å². The second kappa shape index (κ2) is 3.30. The molecule has 0 spiro atoms. The number of aliphatic hydroxyl groups excluding tert-OH is 1. The van der Waals surface area contributed by atoms with Crippen molar-refractivity contribution in [3.05, 3.63) is 35.9 Å². The Morgan fingerprint density at radius 1 is 1.50 bits per heavy atom. The van der Waals surface area contributed by atoms with Gasteiger partial charge < -0.3 is 9.84 Å². The smallest absolute Gasteiger partial charge is 0.119 e. The van der Waals surface area contributed by atoms with Crippen molar-refractivity contribution in [2.75, 3.05) is 7.11 Å². The van der Waals surface area contributed by atoms with Crippen molar-refractivity contribution in [1.82, 2.24) is 0 Å². The SMILES string of the molecule is C=C(O)c1cc(OC)ccc1C. The van der Waals surface area contributed by atoms with Gasteiger partial charge in [0.25, 0.3) is 0 Å². The van der Waals surface area contributed by atoms with Crippen LogP contribution in [0.25, 0.3) is 5.76 Å². The normalized spacial score (nSPS) is 9.50. The van der Waals surface area contributed by atoms with Crippen LogP contribution in [0.4, 0.5) is 0 Å². The molecule has 2 heteroatoms. The van der Waals surface area contributed by atoms with Crippen molar-refractivity contribution >= 4 is 5.76 Å². The number of rotatable bonds is 2. The number of aliphatic hydroxyl groups is 1. The zero-order chi connectivity index (χ0) is 9.14. The number of hydrogen-bond acceptors (Lipinski definition) is 2. The first-order valence-corrected chi connectivity index (χ1v) is 3.68. The summed E-state index contributed by atoms with van der Waals surface area (Å²) in [5.74, 6) is 0.803. The molecule has 2 nitrogen and oxygen atoms in total. The highest BCUT2D eigenvalue weighted by Crippen LogP contribution is 2.20. The van der Waals surface area contributed by atoms with Crippen molar-refractivity contribution in [3.8, 4) is 5.75 Å². The van der Waals surface area contributed by atoms with Crippen LogP contribution in [0.5, 0.6) is 5.75 Å². The first kappa shape index (κ1) is 8.65. The fourth-order valence-corrected chi connectivity index (χ4v) is 1.04. The van der Waals surface area contributed by atoms with Gasteiger partial charge in [0.1, 0.15) is 11.5 Å². The first-order chi connectivity index (χ1) is 5.65. The summed E-state index contributed by atoms with van der Waals surface area (Å²) in [6.45, 7) is 5.37. The van der Waals surface area contributed by atoms with Crippen LogP contribution in [0.15, 0.2) is 24.8 Å². The number of aryl methyl sites for hydroxylation is 1. The lowest BCUT2D eigenvalue weighted by Crippen LogP contribution is -1.89. The van der Waals surface area contributed by atoms with Gasteiger partial charge in [-0.15, -0.1) is 0 Å². The zero-order valence-electron chi connectivity index (χ0n) is 7.29. The second-order valence-corrected chi connectivity index (χ2v) is 2.63. The topological polar surface area (TPSA) is 29.5 Å². The summed E-state index contributed by atoms with van der Waals surface area (Å²) < 4.78 is 5.01. The van der Waals surface area contributed by atoms with E-state index < -0.39 is 0 Å². The monoisotopic (exact) mass is 164 g/mol. The number of hydrogen-bond donors (Lipinski definition) is 1. The van der Waals surface area contributed by atoms with Crippen LogP contribution < -0.4 is 4.74 Å². The van der Waals surface area contributed by atoms with Crippen LogP contribution in [-0.2, 0) is 0 Å². The van der Waals surface area contributed by atoms with Gasteiger partial charge >= 0.3 is 0 Å². The molecule has 0 fully saturated rings. The van der Waals surface area contributed by atoms with Crippen LogP contribution in [-0.4, -0.2) is 12.2 Å². The molecule has 0 amide bonds. The molecule has 0 aromatic heterocycles. The predicted molar refractivity (Wildman–Crippen MR) is 49.4 cm³/mol. The molecule has 1 aromatic carbocycles. The van der Waals surface area contributed by atoms with Gasteiger partial charge in [-0.1, -0.05) is 12.6 Å². The van der Waals surface area contributed by atoms with Crippen LogP contribution in [0, 0.1) is 6.92 Å². The highest BCUT2D eigenvalue weighted by atomic mass is 16.5. The van der Waals surface area contributed by atoms with Crippen LogP contribution in [0.1, 0.15) is 11.1 Å². The molecule has 0 aliphatic carbocycles. The lowest BCUT2D eigenvalue weighted by atomic mass is 10.1. The van der Waals surface area contributed by atoms with E-state index in [2.05, 4.69) is 6.58 Å². The van der Waals surface area contributed by atoms with E-state index in [9.17, 15) is 5.11 Å². The Kier molecular flexibility index (Phi) is 2.38. The third-order valence-electron chi connectivity index (χ3n) is 1.76. The van der Waals surface area contributed by atoms with E-state index in [0.29, 0.717) is 0 Å². The lowest BCUT2D eigenvalue weighted by Gasteiger charge is -2.06. The maximum absolute atomic E-state index is 9.17. The van der Waals surface area contributed by atoms with Crippen molar-refractivity contribution in [2.24, 2.45) is 0 Å². The molecular weight excluding hydrogens is 152 g/mol. The first-order valence-electron chi connectivity index (χ1n) is 3.68. The Balaban J connectivity index is 3.17. The van der Waals surface area contributed by atoms with Crippen molar-refractivity contribution < 1.29 is 9.84 Å². The molecule has 0 atom stereocenters. The second-order valence-electron chi connectivity index (χ2n) is 2.63. The van der Waals surface area contributed by atoms with Crippen molar-refractivity contribution in [1.29, 1.82) is 0 Å². The third-order valence-corrected chi connectivity index (χ3v) is 1.76. The average Bonchev–Trinajstić information content (AvgIpc) is 2.05. The standard InChI is InChI=1S/C10H12O2/c1-7-4-5-9(12-3)6-10(7)8(2)11/h4-6,11H,2H2,1,3H3. The molecule has 1 aromatic rings. The summed E-state index contributed by atoms with van der Waals surface area (Å²) >= 11 is 0. The summed E-state index contributed by atoms with van der Waals surface area (Å²) in [5.41, 5.74) is 1.72. The third kappa shape index (κ3) is 1.59. The summed E-state index contributed by atoms with van der Waals surface area (Å²) in [5, 5.41) is 9.17. The summed E-state index contributed by atoms with van der Waals surface area (Å²) in [6.07, 6.45) is 0. The molecule has 0 heterocycles. The van der Waals surface area contributed by atoms with Crippen molar-refractivity contribution in [3.63, 3.8) is 0 Å². The van der Waals surface area contributed by atoms with Crippen LogP contribution in [0.2, 0.25) is 0 Å². The Hall–Kier alpha value is -1.44. The van der Waals surface area contributed by atoms with Crippen molar-refractivity contribution in [2.45, 2.75) is 6.92 Å². The maximum atomic E-state index is 9.17. The Morgan fingerprint density at radius 2 is 2.17 bits per heavy atom. The molecule has 0 saturated carbocycles. The van der Waals surface area contributed by atoms with E-state index in [-0.39, 0.29) is 5.76 Å². The molecule has 0 aliphatic rings. The molecule has 0 bridgehead atoms. The van der Waals surface area contributed by atoms with E-state index in [0.717, 1.165) is 16.9 Å². The number of methoxy groups -OCH3 is 1. The van der Waals surface area contributed by atoms with Gasteiger partial charge in [-0.2, -0.15) is 0 Å². The average molecular weight is 164 g/mol. The summed E-state index contributed by atoms with van der Waals surface area (Å²) in [4.78, 5) is 0. The molecule has 1 rings (SSSR count). The van der Waals surface area contributed by atoms with E-state index >= 15 is 0 Å². The summed E-state index contributed by atoms with van der Waals surface area (Å²) in [7, 11) is 1.59. The minimum absolute atomic E-state index is 0.0754. The lowest BCUT2D eigenvalue weighted by molar-refractivity contribution is 0.414. The molecular formula is C10H12O2. The molecule has 0 aliphatic heterocycles. The van der Waals surface area contributed by atoms with Gasteiger partial charge in [0, 0.05) is 5.56 Å². The molecule has 1 N–H and O–H groups in total. The van der Waals surface area contributed by atoms with E-state index in [4.69, 9.17) is 4.74 Å². The maximum Gasteiger partial charge on any atom is 0.119 e. The Bertz CT molecular complexity index is 303.